The van der Waals surface area contributed by atoms with Gasteiger partial charge in [0, 0.05) is 23.0 Å². The summed E-state index contributed by atoms with van der Waals surface area (Å²) in [5.41, 5.74) is 2.22. The summed E-state index contributed by atoms with van der Waals surface area (Å²) in [6.45, 7) is 10.2. The molecule has 5 unspecified atom stereocenters. The van der Waals surface area contributed by atoms with Crippen molar-refractivity contribution in [3.05, 3.63) is 28.5 Å². The molecular weight excluding hydrogens is 426 g/mol. The number of thiocarbonyl (C=S) groups is 1. The molecule has 3 heteroatoms. The predicted molar refractivity (Wildman–Crippen MR) is 140 cm³/mol. The average Bonchev–Trinajstić information content (AvgIpc) is 3.10. The molecule has 0 amide bonds. The highest BCUT2D eigenvalue weighted by Crippen LogP contribution is 2.68. The minimum Gasteiger partial charge on any atom is -0.352 e. The fraction of sp³-hybridized carbons (Fsp3) is 0.793. The quantitative estimate of drug-likeness (QED) is 0.445. The Balaban J connectivity index is 1.38. The molecule has 9 atom stereocenters. The number of rotatable bonds is 4. The van der Waals surface area contributed by atoms with Crippen molar-refractivity contribution in [2.75, 3.05) is 0 Å². The monoisotopic (exact) mass is 468 g/mol. The molecule has 1 N–H and O–H groups in total. The van der Waals surface area contributed by atoms with Crippen LogP contribution in [0.5, 0.6) is 0 Å². The van der Waals surface area contributed by atoms with E-state index >= 15 is 0 Å². The van der Waals surface area contributed by atoms with Crippen molar-refractivity contribution < 1.29 is 0 Å². The maximum Gasteiger partial charge on any atom is 0.111 e. The van der Waals surface area contributed by atoms with E-state index in [1.807, 2.05) is 6.20 Å². The molecule has 0 saturated heterocycles. The lowest BCUT2D eigenvalue weighted by atomic mass is 9.43. The van der Waals surface area contributed by atoms with E-state index in [0.29, 0.717) is 21.4 Å². The Hall–Kier alpha value is -0.540. The maximum atomic E-state index is 6.12. The Morgan fingerprint density at radius 3 is 2.62 bits per heavy atom. The number of fused-ring (bicyclic) bond motifs is 5. The molecule has 175 valence electrons. The molecule has 32 heavy (non-hydrogen) atoms. The van der Waals surface area contributed by atoms with Gasteiger partial charge in [0.05, 0.1) is 0 Å². The summed E-state index contributed by atoms with van der Waals surface area (Å²) in [7, 11) is 0. The molecule has 4 fully saturated rings. The summed E-state index contributed by atoms with van der Waals surface area (Å²) in [5, 5.41) is 0. The Bertz CT molecular complexity index is 920. The van der Waals surface area contributed by atoms with Gasteiger partial charge in [-0.15, -0.1) is 0 Å². The Morgan fingerprint density at radius 1 is 1.09 bits per heavy atom. The molecule has 5 rings (SSSR count). The highest BCUT2D eigenvalue weighted by atomic mass is 32.1. The second kappa shape index (κ2) is 8.59. The second-order valence-corrected chi connectivity index (χ2v) is 13.4. The van der Waals surface area contributed by atoms with Crippen molar-refractivity contribution in [1.82, 2.24) is 4.98 Å². The van der Waals surface area contributed by atoms with E-state index in [1.165, 1.54) is 68.2 Å². The van der Waals surface area contributed by atoms with E-state index in [4.69, 9.17) is 24.4 Å². The number of hydrogen-bond donors (Lipinski definition) is 1. The van der Waals surface area contributed by atoms with Crippen LogP contribution < -0.4 is 0 Å². The van der Waals surface area contributed by atoms with Gasteiger partial charge >= 0.3 is 0 Å². The third-order valence-corrected chi connectivity index (χ3v) is 11.8. The first-order valence-electron chi connectivity index (χ1n) is 13.4. The fourth-order valence-corrected chi connectivity index (χ4v) is 10.4. The van der Waals surface area contributed by atoms with Crippen LogP contribution in [0.25, 0.3) is 0 Å². The Labute approximate surface area is 206 Å². The lowest BCUT2D eigenvalue weighted by molar-refractivity contribution is -0.103. The highest BCUT2D eigenvalue weighted by molar-refractivity contribution is 7.80. The maximum absolute atomic E-state index is 6.12. The summed E-state index contributed by atoms with van der Waals surface area (Å²) in [6, 6.07) is 5.56. The number of pyridine rings is 1. The van der Waals surface area contributed by atoms with Gasteiger partial charge in [-0.05, 0) is 109 Å². The summed E-state index contributed by atoms with van der Waals surface area (Å²) in [5.74, 6) is 5.79. The normalized spacial score (nSPS) is 44.4. The van der Waals surface area contributed by atoms with Crippen LogP contribution in [0.2, 0.25) is 0 Å². The second-order valence-electron chi connectivity index (χ2n) is 12.5. The third kappa shape index (κ3) is 3.60. The molecule has 1 aromatic rings. The number of H-pyrrole nitrogens is 1. The number of hydrogen-bond acceptors (Lipinski definition) is 2. The number of aromatic nitrogens is 1. The summed E-state index contributed by atoms with van der Waals surface area (Å²) in [4.78, 5) is 4.36. The van der Waals surface area contributed by atoms with Crippen LogP contribution in [-0.2, 0) is 0 Å². The van der Waals surface area contributed by atoms with E-state index < -0.39 is 0 Å². The molecule has 4 saturated carbocycles. The van der Waals surface area contributed by atoms with Gasteiger partial charge in [-0.1, -0.05) is 65.0 Å². The first-order valence-corrected chi connectivity index (χ1v) is 14.2. The van der Waals surface area contributed by atoms with Crippen LogP contribution in [0.15, 0.2) is 12.3 Å². The molecule has 0 aromatic carbocycles. The summed E-state index contributed by atoms with van der Waals surface area (Å²) >= 11 is 11.5. The van der Waals surface area contributed by atoms with Crippen molar-refractivity contribution in [2.45, 2.75) is 97.8 Å². The van der Waals surface area contributed by atoms with E-state index in [2.05, 4.69) is 44.8 Å². The van der Waals surface area contributed by atoms with Crippen LogP contribution in [0.4, 0.5) is 0 Å². The van der Waals surface area contributed by atoms with Gasteiger partial charge in [0.25, 0.3) is 0 Å². The zero-order valence-corrected chi connectivity index (χ0v) is 22.2. The van der Waals surface area contributed by atoms with Crippen molar-refractivity contribution >= 4 is 29.3 Å². The lowest BCUT2D eigenvalue weighted by Crippen LogP contribution is -2.54. The molecule has 1 nitrogen and oxygen atoms in total. The van der Waals surface area contributed by atoms with E-state index in [1.54, 1.807) is 0 Å². The summed E-state index contributed by atoms with van der Waals surface area (Å²) < 4.78 is 0.710. The van der Waals surface area contributed by atoms with Gasteiger partial charge in [-0.25, -0.2) is 0 Å². The van der Waals surface area contributed by atoms with Gasteiger partial charge in [0.2, 0.25) is 0 Å². The minimum absolute atomic E-state index is 0.371. The van der Waals surface area contributed by atoms with Crippen molar-refractivity contribution in [3.63, 3.8) is 0 Å². The molecule has 1 radical (unpaired) electrons. The molecule has 1 aromatic heterocycles. The van der Waals surface area contributed by atoms with Gasteiger partial charge in [0.15, 0.2) is 0 Å². The van der Waals surface area contributed by atoms with Crippen molar-refractivity contribution in [3.8, 4) is 0 Å². The predicted octanol–water partition coefficient (Wildman–Crippen LogP) is 8.70. The largest absolute Gasteiger partial charge is 0.352 e. The minimum atomic E-state index is 0.371. The standard InChI is InChI=1S/C29H42NS2/c1-5-6-18(2)23-9-10-24-21-8-7-20-16-22(19-12-14-30-27(32)15-19)26(31)17-29(20,4)25(21)11-13-28(23,24)3/h12,14,18,20-25H,5-11,13,16-17H2,1-4H3,(H,30,32)/t18-,20?,21?,22?,23-,24?,25?,28-,29+/m1/s1. The molecular formula is C29H42NS2. The van der Waals surface area contributed by atoms with E-state index in [9.17, 15) is 0 Å². The SMILES string of the molecule is CCC[C@@H](C)[C@H]1CCC2C3CCC4CC(c5[c]c(=S)[nH]cc5)C(=S)C[C@]4(C)C3CC[C@@]21C. The molecule has 4 aliphatic carbocycles. The van der Waals surface area contributed by atoms with Crippen molar-refractivity contribution in [2.24, 2.45) is 46.3 Å². The number of nitrogens with one attached hydrogen (secondary N) is 1. The Kier molecular flexibility index (Phi) is 6.23. The van der Waals surface area contributed by atoms with Crippen LogP contribution >= 0.6 is 24.4 Å². The van der Waals surface area contributed by atoms with E-state index in [-0.39, 0.29) is 0 Å². The lowest BCUT2D eigenvalue weighted by Gasteiger charge is -2.61. The van der Waals surface area contributed by atoms with Gasteiger partial charge < -0.3 is 4.98 Å². The zero-order valence-electron chi connectivity index (χ0n) is 20.6. The van der Waals surface area contributed by atoms with Gasteiger partial charge in [0.1, 0.15) is 4.64 Å². The highest BCUT2D eigenvalue weighted by Gasteiger charge is 2.61. The molecule has 0 spiro atoms. The zero-order chi connectivity index (χ0) is 22.7. The Morgan fingerprint density at radius 2 is 1.88 bits per heavy atom. The summed E-state index contributed by atoms with van der Waals surface area (Å²) in [6.07, 6.45) is 15.8. The fourth-order valence-electron chi connectivity index (χ4n) is 9.66. The van der Waals surface area contributed by atoms with Crippen LogP contribution in [-0.4, -0.2) is 9.85 Å². The van der Waals surface area contributed by atoms with Gasteiger partial charge in [-0.2, -0.15) is 0 Å². The molecule has 1 heterocycles. The van der Waals surface area contributed by atoms with Crippen molar-refractivity contribution in [1.29, 1.82) is 0 Å². The van der Waals surface area contributed by atoms with Crippen LogP contribution in [0, 0.1) is 57.0 Å². The molecule has 0 aliphatic heterocycles. The van der Waals surface area contributed by atoms with Crippen LogP contribution in [0.3, 0.4) is 0 Å². The first kappa shape index (κ1) is 23.2. The molecule has 0 bridgehead atoms. The molecule has 4 aliphatic rings. The van der Waals surface area contributed by atoms with Crippen LogP contribution in [0.1, 0.15) is 103 Å². The first-order chi connectivity index (χ1) is 15.3. The van der Waals surface area contributed by atoms with E-state index in [0.717, 1.165) is 41.9 Å². The van der Waals surface area contributed by atoms with Gasteiger partial charge in [-0.3, -0.25) is 0 Å². The number of aromatic amines is 1. The third-order valence-electron chi connectivity index (χ3n) is 11.1. The smallest absolute Gasteiger partial charge is 0.111 e. The topological polar surface area (TPSA) is 15.8 Å². The average molecular weight is 469 g/mol.